The van der Waals surface area contributed by atoms with Crippen molar-refractivity contribution in [2.75, 3.05) is 23.3 Å². The van der Waals surface area contributed by atoms with E-state index >= 15 is 0 Å². The van der Waals surface area contributed by atoms with Crippen molar-refractivity contribution in [3.05, 3.63) is 105 Å². The van der Waals surface area contributed by atoms with Gasteiger partial charge >= 0.3 is 18.1 Å². The number of aliphatic carboxylic acids is 1. The first-order chi connectivity index (χ1) is 19.3. The highest BCUT2D eigenvalue weighted by molar-refractivity contribution is 5.94. The number of nitrogens with zero attached hydrogens (tertiary/aromatic N) is 1. The van der Waals surface area contributed by atoms with Gasteiger partial charge in [0, 0.05) is 36.3 Å². The lowest BCUT2D eigenvalue weighted by Crippen LogP contribution is -2.45. The van der Waals surface area contributed by atoms with Gasteiger partial charge in [0.05, 0.1) is 17.0 Å². The number of carboxylic acids is 2. The Morgan fingerprint density at radius 1 is 1.00 bits per heavy atom. The summed E-state index contributed by atoms with van der Waals surface area (Å²) >= 11 is 0. The van der Waals surface area contributed by atoms with Crippen LogP contribution >= 0.6 is 0 Å². The molecular formula is C30H27F3N2O6. The zero-order valence-corrected chi connectivity index (χ0v) is 22.1. The Labute approximate surface area is 232 Å². The van der Waals surface area contributed by atoms with Crippen LogP contribution in [0.2, 0.25) is 0 Å². The van der Waals surface area contributed by atoms with Crippen molar-refractivity contribution < 1.29 is 37.4 Å². The number of aryl methyl sites for hydroxylation is 1. The number of fused-ring (bicyclic) bond motifs is 1. The Morgan fingerprint density at radius 3 is 2.22 bits per heavy atom. The summed E-state index contributed by atoms with van der Waals surface area (Å²) in [5.74, 6) is -2.78. The molecule has 0 aliphatic carbocycles. The molecule has 1 saturated heterocycles. The van der Waals surface area contributed by atoms with Gasteiger partial charge in [-0.05, 0) is 43.2 Å². The number of benzene rings is 3. The molecule has 1 atom stereocenters. The summed E-state index contributed by atoms with van der Waals surface area (Å²) < 4.78 is 38.1. The number of carbonyl (C=O) groups is 2. The van der Waals surface area contributed by atoms with Crippen LogP contribution in [0.4, 0.5) is 24.7 Å². The fraction of sp³-hybridized carbons (Fsp3) is 0.233. The van der Waals surface area contributed by atoms with E-state index in [-0.39, 0.29) is 17.0 Å². The Morgan fingerprint density at radius 2 is 1.61 bits per heavy atom. The maximum atomic E-state index is 13.0. The molecule has 214 valence electrons. The number of hydrogen-bond donors (Lipinski definition) is 3. The van der Waals surface area contributed by atoms with E-state index in [0.717, 1.165) is 24.2 Å². The third-order valence-electron chi connectivity index (χ3n) is 6.69. The Balaban J connectivity index is 0.000000493. The van der Waals surface area contributed by atoms with Gasteiger partial charge < -0.3 is 24.8 Å². The topological polar surface area (TPSA) is 120 Å². The van der Waals surface area contributed by atoms with Gasteiger partial charge in [-0.3, -0.25) is 4.79 Å². The Kier molecular flexibility index (Phi) is 8.36. The molecule has 0 amide bonds. The van der Waals surface area contributed by atoms with Crippen molar-refractivity contribution in [3.8, 4) is 0 Å². The van der Waals surface area contributed by atoms with Gasteiger partial charge in [0.15, 0.2) is 11.3 Å². The number of halogens is 3. The maximum Gasteiger partial charge on any atom is 0.490 e. The molecule has 5 rings (SSSR count). The van der Waals surface area contributed by atoms with E-state index < -0.39 is 18.1 Å². The zero-order valence-electron chi connectivity index (χ0n) is 22.1. The first kappa shape index (κ1) is 29.2. The predicted octanol–water partition coefficient (Wildman–Crippen LogP) is 6.21. The van der Waals surface area contributed by atoms with Gasteiger partial charge in [-0.25, -0.2) is 9.59 Å². The molecule has 8 nitrogen and oxygen atoms in total. The molecule has 1 aliphatic heterocycles. The number of anilines is 2. The van der Waals surface area contributed by atoms with Crippen LogP contribution < -0.4 is 15.6 Å². The molecule has 0 saturated carbocycles. The highest BCUT2D eigenvalue weighted by atomic mass is 19.4. The van der Waals surface area contributed by atoms with Gasteiger partial charge in [0.2, 0.25) is 0 Å². The molecular weight excluding hydrogens is 541 g/mol. The Hall–Kier alpha value is -4.80. The zero-order chi connectivity index (χ0) is 29.9. The smallest absolute Gasteiger partial charge is 0.478 e. The average Bonchev–Trinajstić information content (AvgIpc) is 2.88. The van der Waals surface area contributed by atoms with Crippen LogP contribution in [-0.2, 0) is 4.79 Å². The second-order valence-corrected chi connectivity index (χ2v) is 9.71. The summed E-state index contributed by atoms with van der Waals surface area (Å²) in [7, 11) is 0. The minimum atomic E-state index is -5.08. The van der Waals surface area contributed by atoms with E-state index in [1.54, 1.807) is 30.3 Å². The van der Waals surface area contributed by atoms with E-state index in [0.29, 0.717) is 28.5 Å². The summed E-state index contributed by atoms with van der Waals surface area (Å²) in [4.78, 5) is 35.7. The van der Waals surface area contributed by atoms with Gasteiger partial charge in [-0.2, -0.15) is 13.2 Å². The highest BCUT2D eigenvalue weighted by Crippen LogP contribution is 2.35. The van der Waals surface area contributed by atoms with E-state index in [9.17, 15) is 27.9 Å². The largest absolute Gasteiger partial charge is 0.490 e. The summed E-state index contributed by atoms with van der Waals surface area (Å²) in [6.45, 7) is 5.46. The van der Waals surface area contributed by atoms with Crippen LogP contribution in [0.25, 0.3) is 11.0 Å². The van der Waals surface area contributed by atoms with Gasteiger partial charge in [-0.15, -0.1) is 0 Å². The number of nitrogens with one attached hydrogen (secondary N) is 1. The number of alkyl halides is 3. The predicted molar refractivity (Wildman–Crippen MR) is 148 cm³/mol. The highest BCUT2D eigenvalue weighted by Gasteiger charge is 2.38. The average molecular weight is 569 g/mol. The summed E-state index contributed by atoms with van der Waals surface area (Å²) in [6.07, 6.45) is -5.08. The minimum Gasteiger partial charge on any atom is -0.478 e. The summed E-state index contributed by atoms with van der Waals surface area (Å²) in [5, 5.41) is 20.5. The van der Waals surface area contributed by atoms with Crippen molar-refractivity contribution in [1.29, 1.82) is 0 Å². The third-order valence-corrected chi connectivity index (χ3v) is 6.69. The molecule has 4 aromatic rings. The molecule has 1 unspecified atom stereocenters. The van der Waals surface area contributed by atoms with Crippen molar-refractivity contribution in [2.24, 2.45) is 0 Å². The monoisotopic (exact) mass is 568 g/mol. The summed E-state index contributed by atoms with van der Waals surface area (Å²) in [6, 6.07) is 22.3. The molecule has 1 aromatic heterocycles. The number of carboxylic acid groups (broad SMARTS) is 2. The van der Waals surface area contributed by atoms with E-state index in [4.69, 9.17) is 14.3 Å². The lowest BCUT2D eigenvalue weighted by molar-refractivity contribution is -0.192. The van der Waals surface area contributed by atoms with Crippen LogP contribution in [-0.4, -0.2) is 41.4 Å². The molecule has 1 aliphatic rings. The Bertz CT molecular complexity index is 1630. The van der Waals surface area contributed by atoms with E-state index in [1.807, 2.05) is 44.2 Å². The quantitative estimate of drug-likeness (QED) is 0.251. The van der Waals surface area contributed by atoms with Crippen molar-refractivity contribution in [3.63, 3.8) is 0 Å². The maximum absolute atomic E-state index is 13.0. The minimum absolute atomic E-state index is 0.0810. The standard InChI is InChI=1S/C28H26N2O4.C2HF3O2/c1-17-12-22(18(2)29-24-11-7-6-10-21(24)28(32)33)27-23(13-17)25(31)14-26(34-27)30-15-20(16-30)19-8-4-3-5-9-19;3-2(4,5)1(6)7/h3-14,18,20,29H,15-16H2,1-2H3,(H,32,33);(H,6,7). The fourth-order valence-corrected chi connectivity index (χ4v) is 4.60. The van der Waals surface area contributed by atoms with Crippen LogP contribution in [0, 0.1) is 6.92 Å². The first-order valence-electron chi connectivity index (χ1n) is 12.6. The lowest BCUT2D eigenvalue weighted by Gasteiger charge is -2.40. The first-order valence-corrected chi connectivity index (χ1v) is 12.6. The van der Waals surface area contributed by atoms with Crippen LogP contribution in [0.1, 0.15) is 45.9 Å². The molecule has 0 bridgehead atoms. The number of rotatable bonds is 6. The SMILES string of the molecule is Cc1cc(C(C)Nc2ccccc2C(=O)O)c2oc(N3CC(c4ccccc4)C3)cc(=O)c2c1.O=C(O)C(F)(F)F. The molecule has 0 spiro atoms. The lowest BCUT2D eigenvalue weighted by atomic mass is 9.91. The second-order valence-electron chi connectivity index (χ2n) is 9.71. The molecule has 2 heterocycles. The number of hydrogen-bond acceptors (Lipinski definition) is 6. The van der Waals surface area contributed by atoms with Crippen LogP contribution in [0.5, 0.6) is 0 Å². The normalized spacial score (nSPS) is 14.0. The second kappa shape index (κ2) is 11.7. The van der Waals surface area contributed by atoms with Crippen LogP contribution in [0.15, 0.2) is 82.0 Å². The molecule has 0 radical (unpaired) electrons. The molecule has 41 heavy (non-hydrogen) atoms. The van der Waals surface area contributed by atoms with Gasteiger partial charge in [-0.1, -0.05) is 48.5 Å². The van der Waals surface area contributed by atoms with Crippen LogP contribution in [0.3, 0.4) is 0 Å². The third kappa shape index (κ3) is 6.68. The fourth-order valence-electron chi connectivity index (χ4n) is 4.60. The molecule has 1 fully saturated rings. The van der Waals surface area contributed by atoms with Gasteiger partial charge in [0.1, 0.15) is 5.58 Å². The molecule has 11 heteroatoms. The van der Waals surface area contributed by atoms with Gasteiger partial charge in [0.25, 0.3) is 0 Å². The van der Waals surface area contributed by atoms with E-state index in [2.05, 4.69) is 22.3 Å². The number of aromatic carboxylic acids is 1. The van der Waals surface area contributed by atoms with Crippen molar-refractivity contribution in [1.82, 2.24) is 0 Å². The number of para-hydroxylation sites is 1. The summed E-state index contributed by atoms with van der Waals surface area (Å²) in [5.41, 5.74) is 4.20. The van der Waals surface area contributed by atoms with E-state index in [1.165, 1.54) is 5.56 Å². The van der Waals surface area contributed by atoms with Crippen molar-refractivity contribution >= 4 is 34.5 Å². The molecule has 3 aromatic carbocycles. The molecule has 3 N–H and O–H groups in total. The van der Waals surface area contributed by atoms with Crippen molar-refractivity contribution in [2.45, 2.75) is 32.0 Å².